The third kappa shape index (κ3) is 4.32. The number of hydrogen-bond acceptors (Lipinski definition) is 5. The minimum absolute atomic E-state index is 0.178. The second kappa shape index (κ2) is 7.44. The fourth-order valence-electron chi connectivity index (χ4n) is 1.95. The van der Waals surface area contributed by atoms with Crippen molar-refractivity contribution >= 4 is 17.6 Å². The van der Waals surface area contributed by atoms with E-state index in [1.807, 2.05) is 6.92 Å². The van der Waals surface area contributed by atoms with Crippen molar-refractivity contribution < 1.29 is 18.8 Å². The molecule has 2 rings (SSSR count). The summed E-state index contributed by atoms with van der Waals surface area (Å²) in [6, 6.07) is 8.21. The van der Waals surface area contributed by atoms with E-state index in [9.17, 15) is 9.59 Å². The molecule has 0 spiro atoms. The second-order valence-electron chi connectivity index (χ2n) is 4.93. The molecule has 1 atom stereocenters. The van der Waals surface area contributed by atoms with E-state index < -0.39 is 6.10 Å². The number of hydrogen-bond donors (Lipinski definition) is 2. The van der Waals surface area contributed by atoms with Crippen LogP contribution in [0.3, 0.4) is 0 Å². The van der Waals surface area contributed by atoms with Crippen molar-refractivity contribution in [3.05, 3.63) is 41.7 Å². The number of carbonyl (C=O) groups is 2. The minimum Gasteiger partial charge on any atom is -0.481 e. The summed E-state index contributed by atoms with van der Waals surface area (Å²) in [5.74, 6) is 0.985. The number of carbonyl (C=O) groups excluding carboxylic acids is 2. The molecule has 0 radical (unpaired) electrons. The van der Waals surface area contributed by atoms with Gasteiger partial charge in [0.2, 0.25) is 0 Å². The molecule has 7 nitrogen and oxygen atoms in total. The maximum absolute atomic E-state index is 12.2. The van der Waals surface area contributed by atoms with Gasteiger partial charge in [-0.2, -0.15) is 0 Å². The summed E-state index contributed by atoms with van der Waals surface area (Å²) in [6.07, 6.45) is -0.183. The molecular weight excluding hydrogens is 298 g/mol. The molecule has 2 amide bonds. The molecule has 2 aromatic rings. The summed E-state index contributed by atoms with van der Waals surface area (Å²) in [4.78, 5) is 23.7. The lowest BCUT2D eigenvalue weighted by molar-refractivity contribution is -0.122. The SMILES string of the molecule is CCC(Oc1ccc(C(=O)NC)cc1)C(=O)Nc1cc(C)on1. The topological polar surface area (TPSA) is 93.5 Å². The molecule has 0 saturated carbocycles. The van der Waals surface area contributed by atoms with Crippen LogP contribution in [0.1, 0.15) is 29.5 Å². The number of anilines is 1. The van der Waals surface area contributed by atoms with E-state index in [0.717, 1.165) is 0 Å². The zero-order valence-electron chi connectivity index (χ0n) is 13.3. The highest BCUT2D eigenvalue weighted by Crippen LogP contribution is 2.16. The van der Waals surface area contributed by atoms with Crippen molar-refractivity contribution in [3.8, 4) is 5.75 Å². The quantitative estimate of drug-likeness (QED) is 0.851. The van der Waals surface area contributed by atoms with E-state index >= 15 is 0 Å². The van der Waals surface area contributed by atoms with Crippen LogP contribution in [0.25, 0.3) is 0 Å². The van der Waals surface area contributed by atoms with Gasteiger partial charge in [-0.05, 0) is 37.6 Å². The lowest BCUT2D eigenvalue weighted by Crippen LogP contribution is -2.32. The van der Waals surface area contributed by atoms with Gasteiger partial charge in [-0.15, -0.1) is 0 Å². The fraction of sp³-hybridized carbons (Fsp3) is 0.312. The van der Waals surface area contributed by atoms with Gasteiger partial charge in [0, 0.05) is 18.7 Å². The maximum Gasteiger partial charge on any atom is 0.266 e. The average Bonchev–Trinajstić information content (AvgIpc) is 2.97. The van der Waals surface area contributed by atoms with Gasteiger partial charge < -0.3 is 19.9 Å². The number of amides is 2. The summed E-state index contributed by atoms with van der Waals surface area (Å²) in [6.45, 7) is 3.58. The lowest BCUT2D eigenvalue weighted by Gasteiger charge is -2.16. The maximum atomic E-state index is 12.2. The largest absolute Gasteiger partial charge is 0.481 e. The molecule has 23 heavy (non-hydrogen) atoms. The van der Waals surface area contributed by atoms with E-state index in [4.69, 9.17) is 9.26 Å². The number of nitrogens with one attached hydrogen (secondary N) is 2. The Labute approximate surface area is 134 Å². The van der Waals surface area contributed by atoms with Gasteiger partial charge in [0.1, 0.15) is 11.5 Å². The van der Waals surface area contributed by atoms with Crippen LogP contribution in [0.15, 0.2) is 34.9 Å². The van der Waals surface area contributed by atoms with Gasteiger partial charge in [0.05, 0.1) is 0 Å². The fourth-order valence-corrected chi connectivity index (χ4v) is 1.95. The molecule has 0 bridgehead atoms. The van der Waals surface area contributed by atoms with E-state index in [2.05, 4.69) is 15.8 Å². The van der Waals surface area contributed by atoms with Gasteiger partial charge in [0.25, 0.3) is 11.8 Å². The van der Waals surface area contributed by atoms with Crippen LogP contribution in [0.4, 0.5) is 5.82 Å². The monoisotopic (exact) mass is 317 g/mol. The Balaban J connectivity index is 2.00. The second-order valence-corrected chi connectivity index (χ2v) is 4.93. The highest BCUT2D eigenvalue weighted by atomic mass is 16.5. The first-order valence-electron chi connectivity index (χ1n) is 7.26. The molecular formula is C16H19N3O4. The Morgan fingerprint density at radius 3 is 2.52 bits per heavy atom. The van der Waals surface area contributed by atoms with Crippen molar-refractivity contribution in [2.45, 2.75) is 26.4 Å². The van der Waals surface area contributed by atoms with E-state index in [1.54, 1.807) is 44.3 Å². The zero-order chi connectivity index (χ0) is 16.8. The Morgan fingerprint density at radius 1 is 1.30 bits per heavy atom. The zero-order valence-corrected chi connectivity index (χ0v) is 13.3. The first kappa shape index (κ1) is 16.5. The van der Waals surface area contributed by atoms with Gasteiger partial charge in [-0.1, -0.05) is 12.1 Å². The predicted molar refractivity (Wildman–Crippen MR) is 84.4 cm³/mol. The molecule has 0 aliphatic carbocycles. The molecule has 1 aromatic carbocycles. The summed E-state index contributed by atoms with van der Waals surface area (Å²) >= 11 is 0. The first-order chi connectivity index (χ1) is 11.0. The average molecular weight is 317 g/mol. The van der Waals surface area contributed by atoms with Crippen molar-refractivity contribution in [1.29, 1.82) is 0 Å². The molecule has 1 heterocycles. The van der Waals surface area contributed by atoms with Crippen LogP contribution in [0.2, 0.25) is 0 Å². The molecule has 1 aromatic heterocycles. The van der Waals surface area contributed by atoms with Crippen LogP contribution < -0.4 is 15.4 Å². The molecule has 2 N–H and O–H groups in total. The minimum atomic E-state index is -0.669. The van der Waals surface area contributed by atoms with E-state index in [1.165, 1.54) is 0 Å². The number of rotatable bonds is 6. The van der Waals surface area contributed by atoms with Crippen LogP contribution in [-0.2, 0) is 4.79 Å². The molecule has 7 heteroatoms. The standard InChI is InChI=1S/C16H19N3O4/c1-4-13(16(21)18-14-9-10(2)23-19-14)22-12-7-5-11(6-8-12)15(20)17-3/h5-9,13H,4H2,1-3H3,(H,17,20)(H,18,19,21). The van der Waals surface area contributed by atoms with Crippen molar-refractivity contribution in [1.82, 2.24) is 10.5 Å². The molecule has 122 valence electrons. The Bertz CT molecular complexity index is 679. The van der Waals surface area contributed by atoms with E-state index in [-0.39, 0.29) is 11.8 Å². The summed E-state index contributed by atoms with van der Waals surface area (Å²) in [5, 5.41) is 8.89. The smallest absolute Gasteiger partial charge is 0.266 e. The third-order valence-electron chi connectivity index (χ3n) is 3.16. The van der Waals surface area contributed by atoms with Gasteiger partial charge in [-0.25, -0.2) is 0 Å². The van der Waals surface area contributed by atoms with Crippen molar-refractivity contribution in [2.24, 2.45) is 0 Å². The van der Waals surface area contributed by atoms with Crippen LogP contribution in [0.5, 0.6) is 5.75 Å². The Kier molecular flexibility index (Phi) is 5.35. The third-order valence-corrected chi connectivity index (χ3v) is 3.16. The van der Waals surface area contributed by atoms with Crippen LogP contribution in [0, 0.1) is 6.92 Å². The van der Waals surface area contributed by atoms with Gasteiger partial charge in [-0.3, -0.25) is 9.59 Å². The van der Waals surface area contributed by atoms with Gasteiger partial charge in [0.15, 0.2) is 11.9 Å². The Hall–Kier alpha value is -2.83. The highest BCUT2D eigenvalue weighted by Gasteiger charge is 2.20. The van der Waals surface area contributed by atoms with Crippen LogP contribution >= 0.6 is 0 Å². The molecule has 0 saturated heterocycles. The summed E-state index contributed by atoms with van der Waals surface area (Å²) < 4.78 is 10.6. The molecule has 0 aliphatic rings. The normalized spacial score (nSPS) is 11.6. The number of nitrogens with zero attached hydrogens (tertiary/aromatic N) is 1. The lowest BCUT2D eigenvalue weighted by atomic mass is 10.2. The molecule has 0 aliphatic heterocycles. The molecule has 1 unspecified atom stereocenters. The van der Waals surface area contributed by atoms with Crippen molar-refractivity contribution in [3.63, 3.8) is 0 Å². The summed E-state index contributed by atoms with van der Waals surface area (Å²) in [5.41, 5.74) is 0.524. The van der Waals surface area contributed by atoms with Gasteiger partial charge >= 0.3 is 0 Å². The summed E-state index contributed by atoms with van der Waals surface area (Å²) in [7, 11) is 1.57. The first-order valence-corrected chi connectivity index (χ1v) is 7.26. The number of aromatic nitrogens is 1. The predicted octanol–water partition coefficient (Wildman–Crippen LogP) is 2.14. The molecule has 0 fully saturated rings. The van der Waals surface area contributed by atoms with Crippen LogP contribution in [-0.4, -0.2) is 30.1 Å². The number of benzene rings is 1. The number of aryl methyl sites for hydroxylation is 1. The number of ether oxygens (including phenoxy) is 1. The highest BCUT2D eigenvalue weighted by molar-refractivity contribution is 5.94. The van der Waals surface area contributed by atoms with E-state index in [0.29, 0.717) is 29.3 Å². The van der Waals surface area contributed by atoms with Crippen molar-refractivity contribution in [2.75, 3.05) is 12.4 Å². The Morgan fingerprint density at radius 2 is 2.00 bits per heavy atom.